The van der Waals surface area contributed by atoms with Gasteiger partial charge < -0.3 is 14.8 Å². The minimum atomic E-state index is -0.334. The summed E-state index contributed by atoms with van der Waals surface area (Å²) in [5.41, 5.74) is 1.06. The van der Waals surface area contributed by atoms with E-state index in [1.54, 1.807) is 31.3 Å². The Morgan fingerprint density at radius 2 is 1.93 bits per heavy atom. The van der Waals surface area contributed by atoms with Crippen molar-refractivity contribution < 1.29 is 4.79 Å². The Bertz CT molecular complexity index is 1110. The highest BCUT2D eigenvalue weighted by molar-refractivity contribution is 6.30. The molecule has 3 aromatic rings. The van der Waals surface area contributed by atoms with Gasteiger partial charge in [0.25, 0.3) is 11.5 Å². The predicted molar refractivity (Wildman–Crippen MR) is 116 cm³/mol. The lowest BCUT2D eigenvalue weighted by Gasteiger charge is -2.30. The van der Waals surface area contributed by atoms with Crippen molar-refractivity contribution in [1.29, 1.82) is 0 Å². The van der Waals surface area contributed by atoms with Crippen LogP contribution in [-0.2, 0) is 7.05 Å². The molecule has 4 rings (SSSR count). The highest BCUT2D eigenvalue weighted by Crippen LogP contribution is 2.20. The number of amides is 1. The molecular formula is C21H25ClN6O2. The number of likely N-dealkylation sites (tertiary alicyclic amines) is 1. The summed E-state index contributed by atoms with van der Waals surface area (Å²) >= 11 is 5.98. The maximum absolute atomic E-state index is 12.9. The molecule has 1 N–H and O–H groups in total. The first-order valence-corrected chi connectivity index (χ1v) is 10.5. The molecule has 30 heavy (non-hydrogen) atoms. The molecule has 1 amide bonds. The second-order valence-corrected chi connectivity index (χ2v) is 8.31. The van der Waals surface area contributed by atoms with E-state index in [0.717, 1.165) is 25.6 Å². The van der Waals surface area contributed by atoms with Gasteiger partial charge in [0.1, 0.15) is 5.52 Å². The molecule has 0 atom stereocenters. The van der Waals surface area contributed by atoms with Gasteiger partial charge in [-0.3, -0.25) is 9.59 Å². The molecular weight excluding hydrogens is 404 g/mol. The largest absolute Gasteiger partial charge is 0.349 e. The first-order valence-electron chi connectivity index (χ1n) is 10.1. The molecule has 0 unspecified atom stereocenters. The van der Waals surface area contributed by atoms with Gasteiger partial charge in [0.05, 0.1) is 12.0 Å². The molecule has 0 bridgehead atoms. The van der Waals surface area contributed by atoms with E-state index in [1.807, 2.05) is 0 Å². The number of benzene rings is 1. The third-order valence-electron chi connectivity index (χ3n) is 5.62. The zero-order chi connectivity index (χ0) is 21.3. The second kappa shape index (κ2) is 8.57. The number of piperidine rings is 1. The van der Waals surface area contributed by atoms with E-state index in [4.69, 9.17) is 11.6 Å². The third-order valence-corrected chi connectivity index (χ3v) is 5.87. The zero-order valence-corrected chi connectivity index (χ0v) is 17.9. The Morgan fingerprint density at radius 1 is 1.23 bits per heavy atom. The fourth-order valence-corrected chi connectivity index (χ4v) is 3.83. The lowest BCUT2D eigenvalue weighted by Crippen LogP contribution is -2.39. The lowest BCUT2D eigenvalue weighted by atomic mass is 9.99. The van der Waals surface area contributed by atoms with E-state index in [-0.39, 0.29) is 28.2 Å². The van der Waals surface area contributed by atoms with Crippen LogP contribution in [0.1, 0.15) is 30.3 Å². The molecule has 1 fully saturated rings. The van der Waals surface area contributed by atoms with Crippen LogP contribution >= 0.6 is 11.6 Å². The van der Waals surface area contributed by atoms with Crippen molar-refractivity contribution >= 4 is 28.5 Å². The molecule has 1 aromatic carbocycles. The van der Waals surface area contributed by atoms with Crippen LogP contribution in [0.25, 0.3) is 16.7 Å². The molecule has 1 aliphatic rings. The Kier molecular flexibility index (Phi) is 5.87. The maximum atomic E-state index is 12.9. The topological polar surface area (TPSA) is 85.0 Å². The van der Waals surface area contributed by atoms with E-state index in [9.17, 15) is 9.59 Å². The summed E-state index contributed by atoms with van der Waals surface area (Å²) in [6.07, 6.45) is 3.79. The number of carbonyl (C=O) groups is 1. The highest BCUT2D eigenvalue weighted by Gasteiger charge is 2.22. The summed E-state index contributed by atoms with van der Waals surface area (Å²) in [4.78, 5) is 32.3. The zero-order valence-electron chi connectivity index (χ0n) is 17.1. The number of hydrogen-bond donors (Lipinski definition) is 1. The van der Waals surface area contributed by atoms with E-state index >= 15 is 0 Å². The lowest BCUT2D eigenvalue weighted by molar-refractivity contribution is 0.0940. The van der Waals surface area contributed by atoms with Gasteiger partial charge in [-0.15, -0.1) is 0 Å². The van der Waals surface area contributed by atoms with Gasteiger partial charge in [-0.2, -0.15) is 5.10 Å². The maximum Gasteiger partial charge on any atom is 0.279 e. The second-order valence-electron chi connectivity index (χ2n) is 7.87. The summed E-state index contributed by atoms with van der Waals surface area (Å²) in [7, 11) is 1.62. The minimum absolute atomic E-state index is 0.143. The van der Waals surface area contributed by atoms with Gasteiger partial charge in [0, 0.05) is 25.2 Å². The van der Waals surface area contributed by atoms with Crippen molar-refractivity contribution in [3.63, 3.8) is 0 Å². The summed E-state index contributed by atoms with van der Waals surface area (Å²) in [5.74, 6) is 0.437. The summed E-state index contributed by atoms with van der Waals surface area (Å²) in [6, 6.07) is 6.93. The average molecular weight is 429 g/mol. The molecule has 9 heteroatoms. The first kappa shape index (κ1) is 20.6. The number of nitrogens with one attached hydrogen (secondary N) is 1. The molecule has 158 valence electrons. The molecule has 1 saturated heterocycles. The van der Waals surface area contributed by atoms with Gasteiger partial charge in [0.2, 0.25) is 0 Å². The van der Waals surface area contributed by atoms with Crippen LogP contribution in [0.2, 0.25) is 5.02 Å². The van der Waals surface area contributed by atoms with Crippen LogP contribution in [0, 0.1) is 5.92 Å². The van der Waals surface area contributed by atoms with Crippen LogP contribution in [0.3, 0.4) is 0 Å². The number of halogens is 1. The first-order chi connectivity index (χ1) is 14.4. The van der Waals surface area contributed by atoms with Gasteiger partial charge in [-0.25, -0.2) is 9.67 Å². The predicted octanol–water partition coefficient (Wildman–Crippen LogP) is 2.23. The van der Waals surface area contributed by atoms with Crippen LogP contribution in [0.4, 0.5) is 0 Å². The molecule has 0 spiro atoms. The standard InChI is InChI=1S/C21H25ClN6O2/c1-14-7-10-27(11-8-14)12-9-23-20(29)18-17-19(21(30)26(2)13-24-17)28(25-18)16-5-3-15(22)4-6-16/h3-6,13-14H,7-12H2,1-2H3,(H,23,29). The number of aryl methyl sites for hydroxylation is 1. The van der Waals surface area contributed by atoms with Crippen molar-refractivity contribution in [3.8, 4) is 5.69 Å². The van der Waals surface area contributed by atoms with E-state index in [2.05, 4.69) is 27.2 Å². The number of hydrogen-bond acceptors (Lipinski definition) is 5. The van der Waals surface area contributed by atoms with Crippen molar-refractivity contribution in [3.05, 3.63) is 51.7 Å². The molecule has 3 heterocycles. The van der Waals surface area contributed by atoms with Crippen LogP contribution in [0.5, 0.6) is 0 Å². The molecule has 0 aliphatic carbocycles. The van der Waals surface area contributed by atoms with Crippen LogP contribution < -0.4 is 10.9 Å². The Balaban J connectivity index is 1.59. The van der Waals surface area contributed by atoms with Gasteiger partial charge in [-0.05, 0) is 56.1 Å². The molecule has 2 aromatic heterocycles. The SMILES string of the molecule is CC1CCN(CCNC(=O)c2nn(-c3ccc(Cl)cc3)c3c(=O)n(C)cnc23)CC1. The molecule has 8 nitrogen and oxygen atoms in total. The van der Waals surface area contributed by atoms with E-state index in [1.165, 1.54) is 28.4 Å². The highest BCUT2D eigenvalue weighted by atomic mass is 35.5. The van der Waals surface area contributed by atoms with Crippen molar-refractivity contribution in [2.24, 2.45) is 13.0 Å². The average Bonchev–Trinajstić information content (AvgIpc) is 3.13. The van der Waals surface area contributed by atoms with Crippen LogP contribution in [-0.4, -0.2) is 56.3 Å². The quantitative estimate of drug-likeness (QED) is 0.673. The number of aromatic nitrogens is 4. The van der Waals surface area contributed by atoms with Crippen molar-refractivity contribution in [1.82, 2.24) is 29.5 Å². The normalized spacial score (nSPS) is 15.6. The Hall–Kier alpha value is -2.71. The van der Waals surface area contributed by atoms with E-state index < -0.39 is 0 Å². The third kappa shape index (κ3) is 4.11. The van der Waals surface area contributed by atoms with Gasteiger partial charge in [-0.1, -0.05) is 18.5 Å². The molecule has 1 aliphatic heterocycles. The Morgan fingerprint density at radius 3 is 2.63 bits per heavy atom. The number of rotatable bonds is 5. The fraction of sp³-hybridized carbons (Fsp3) is 0.429. The Labute approximate surface area is 179 Å². The van der Waals surface area contributed by atoms with E-state index in [0.29, 0.717) is 17.3 Å². The van der Waals surface area contributed by atoms with Gasteiger partial charge in [0.15, 0.2) is 11.2 Å². The summed E-state index contributed by atoms with van der Waals surface area (Å²) < 4.78 is 2.83. The molecule has 0 saturated carbocycles. The van der Waals surface area contributed by atoms with Crippen molar-refractivity contribution in [2.75, 3.05) is 26.2 Å². The summed E-state index contributed by atoms with van der Waals surface area (Å²) in [5, 5.41) is 7.95. The monoisotopic (exact) mass is 428 g/mol. The minimum Gasteiger partial charge on any atom is -0.349 e. The fourth-order valence-electron chi connectivity index (χ4n) is 3.71. The van der Waals surface area contributed by atoms with Gasteiger partial charge >= 0.3 is 0 Å². The van der Waals surface area contributed by atoms with Crippen LogP contribution in [0.15, 0.2) is 35.4 Å². The summed E-state index contributed by atoms with van der Waals surface area (Å²) in [6.45, 7) is 5.71. The smallest absolute Gasteiger partial charge is 0.279 e. The number of fused-ring (bicyclic) bond motifs is 1. The van der Waals surface area contributed by atoms with Crippen molar-refractivity contribution in [2.45, 2.75) is 19.8 Å². The number of nitrogens with zero attached hydrogens (tertiary/aromatic N) is 5. The molecule has 0 radical (unpaired) electrons. The number of carbonyl (C=O) groups excluding carboxylic acids is 1.